The molecule has 1 saturated heterocycles. The molecule has 1 aromatic heterocycles. The van der Waals surface area contributed by atoms with E-state index in [-0.39, 0.29) is 6.61 Å². The molecule has 3 N–H and O–H groups in total. The van der Waals surface area contributed by atoms with Gasteiger partial charge in [-0.05, 0) is 60.7 Å². The van der Waals surface area contributed by atoms with E-state index in [2.05, 4.69) is 27.0 Å². The minimum absolute atomic E-state index is 0.269. The average Bonchev–Trinajstić information content (AvgIpc) is 2.74. The second-order valence-corrected chi connectivity index (χ2v) is 7.45. The highest BCUT2D eigenvalue weighted by atomic mass is 16.5. The summed E-state index contributed by atoms with van der Waals surface area (Å²) in [5.41, 5.74) is 10.2. The largest absolute Gasteiger partial charge is 0.496 e. The number of fused-ring (bicyclic) bond motifs is 1. The number of aliphatic hydroxyl groups excluding tert-OH is 1. The quantitative estimate of drug-likeness (QED) is 0.710. The zero-order chi connectivity index (χ0) is 19.5. The van der Waals surface area contributed by atoms with Crippen molar-refractivity contribution in [3.63, 3.8) is 0 Å². The van der Waals surface area contributed by atoms with Crippen LogP contribution in [0.3, 0.4) is 0 Å². The van der Waals surface area contributed by atoms with Gasteiger partial charge in [0.25, 0.3) is 0 Å². The van der Waals surface area contributed by atoms with Gasteiger partial charge in [-0.15, -0.1) is 0 Å². The van der Waals surface area contributed by atoms with Crippen LogP contribution in [0.1, 0.15) is 18.4 Å². The molecule has 0 saturated carbocycles. The van der Waals surface area contributed by atoms with Gasteiger partial charge in [-0.3, -0.25) is 4.90 Å². The van der Waals surface area contributed by atoms with Gasteiger partial charge in [0.1, 0.15) is 17.9 Å². The Morgan fingerprint density at radius 2 is 2.11 bits per heavy atom. The van der Waals surface area contributed by atoms with Gasteiger partial charge in [0.2, 0.25) is 0 Å². The second-order valence-electron chi connectivity index (χ2n) is 7.45. The fourth-order valence-corrected chi connectivity index (χ4v) is 4.03. The summed E-state index contributed by atoms with van der Waals surface area (Å²) in [6, 6.07) is 12.3. The van der Waals surface area contributed by atoms with Crippen molar-refractivity contribution in [2.75, 3.05) is 32.5 Å². The third-order valence-corrected chi connectivity index (χ3v) is 5.51. The number of aromatic nitrogens is 2. The Labute approximate surface area is 165 Å². The summed E-state index contributed by atoms with van der Waals surface area (Å²) in [4.78, 5) is 10.8. The van der Waals surface area contributed by atoms with Crippen molar-refractivity contribution in [2.24, 2.45) is 5.92 Å². The molecular formula is C22H26N4O2. The Hall–Kier alpha value is -2.70. The number of nitrogens with zero attached hydrogens (tertiary/aromatic N) is 3. The van der Waals surface area contributed by atoms with Gasteiger partial charge in [0.15, 0.2) is 0 Å². The van der Waals surface area contributed by atoms with Gasteiger partial charge in [0.05, 0.1) is 12.6 Å². The van der Waals surface area contributed by atoms with Crippen LogP contribution in [0, 0.1) is 5.92 Å². The van der Waals surface area contributed by atoms with Crippen molar-refractivity contribution >= 4 is 16.7 Å². The van der Waals surface area contributed by atoms with E-state index < -0.39 is 0 Å². The number of nitrogen functional groups attached to an aromatic ring is 1. The van der Waals surface area contributed by atoms with Crippen LogP contribution >= 0.6 is 0 Å². The molecule has 0 radical (unpaired) electrons. The summed E-state index contributed by atoms with van der Waals surface area (Å²) in [5.74, 6) is 1.69. The molecule has 1 aliphatic heterocycles. The summed E-state index contributed by atoms with van der Waals surface area (Å²) in [6.07, 6.45) is 3.73. The number of anilines is 1. The van der Waals surface area contributed by atoms with Crippen molar-refractivity contribution in [1.82, 2.24) is 14.9 Å². The van der Waals surface area contributed by atoms with E-state index in [4.69, 9.17) is 10.5 Å². The lowest BCUT2D eigenvalue weighted by molar-refractivity contribution is 0.116. The molecule has 2 heterocycles. The van der Waals surface area contributed by atoms with E-state index in [1.165, 1.54) is 11.9 Å². The van der Waals surface area contributed by atoms with E-state index in [9.17, 15) is 5.11 Å². The Balaban J connectivity index is 1.66. The number of ether oxygens (including phenoxy) is 1. The zero-order valence-corrected chi connectivity index (χ0v) is 16.1. The lowest BCUT2D eigenvalue weighted by Gasteiger charge is -2.31. The van der Waals surface area contributed by atoms with Gasteiger partial charge in [-0.2, -0.15) is 0 Å². The van der Waals surface area contributed by atoms with Crippen molar-refractivity contribution < 1.29 is 9.84 Å². The first-order valence-corrected chi connectivity index (χ1v) is 9.68. The standard InChI is InChI=1S/C22H26N4O2/c1-28-21-7-4-15(11-26-8-2-3-16(12-26)13-27)9-18(21)17-5-6-20-19(10-17)22(23)25-14-24-20/h4-7,9-10,14,16,27H,2-3,8,11-13H2,1H3,(H2,23,24,25). The lowest BCUT2D eigenvalue weighted by atomic mass is 9.97. The van der Waals surface area contributed by atoms with E-state index in [1.54, 1.807) is 7.11 Å². The number of hydrogen-bond donors (Lipinski definition) is 2. The first kappa shape index (κ1) is 18.7. The molecule has 0 aliphatic carbocycles. The third kappa shape index (κ3) is 3.79. The Bertz CT molecular complexity index is 976. The minimum atomic E-state index is 0.269. The van der Waals surface area contributed by atoms with Crippen LogP contribution in [-0.4, -0.2) is 46.8 Å². The number of likely N-dealkylation sites (tertiary alicyclic amines) is 1. The van der Waals surface area contributed by atoms with Crippen molar-refractivity contribution in [3.8, 4) is 16.9 Å². The Morgan fingerprint density at radius 1 is 1.21 bits per heavy atom. The number of piperidine rings is 1. The SMILES string of the molecule is COc1ccc(CN2CCCC(CO)C2)cc1-c1ccc2ncnc(N)c2c1. The van der Waals surface area contributed by atoms with Crippen molar-refractivity contribution in [1.29, 1.82) is 0 Å². The molecule has 28 heavy (non-hydrogen) atoms. The van der Waals surface area contributed by atoms with Gasteiger partial charge < -0.3 is 15.6 Å². The van der Waals surface area contributed by atoms with Gasteiger partial charge in [-0.25, -0.2) is 9.97 Å². The number of aliphatic hydroxyl groups is 1. The lowest BCUT2D eigenvalue weighted by Crippen LogP contribution is -2.36. The first-order valence-electron chi connectivity index (χ1n) is 9.68. The highest BCUT2D eigenvalue weighted by molar-refractivity contribution is 5.92. The summed E-state index contributed by atoms with van der Waals surface area (Å²) in [7, 11) is 1.69. The van der Waals surface area contributed by atoms with E-state index in [0.717, 1.165) is 60.3 Å². The maximum atomic E-state index is 9.48. The van der Waals surface area contributed by atoms with Gasteiger partial charge >= 0.3 is 0 Å². The summed E-state index contributed by atoms with van der Waals surface area (Å²) in [6.45, 7) is 3.15. The van der Waals surface area contributed by atoms with Gasteiger partial charge in [0, 0.05) is 30.6 Å². The van der Waals surface area contributed by atoms with Crippen LogP contribution in [-0.2, 0) is 6.54 Å². The molecular weight excluding hydrogens is 352 g/mol. The molecule has 6 nitrogen and oxygen atoms in total. The number of hydrogen-bond acceptors (Lipinski definition) is 6. The smallest absolute Gasteiger partial charge is 0.134 e. The highest BCUT2D eigenvalue weighted by Gasteiger charge is 2.19. The van der Waals surface area contributed by atoms with Crippen molar-refractivity contribution in [3.05, 3.63) is 48.3 Å². The molecule has 0 spiro atoms. The highest BCUT2D eigenvalue weighted by Crippen LogP contribution is 2.34. The van der Waals surface area contributed by atoms with Crippen LogP contribution in [0.5, 0.6) is 5.75 Å². The number of benzene rings is 2. The van der Waals surface area contributed by atoms with Crippen LogP contribution < -0.4 is 10.5 Å². The molecule has 1 unspecified atom stereocenters. The molecule has 1 fully saturated rings. The molecule has 0 amide bonds. The fourth-order valence-electron chi connectivity index (χ4n) is 4.03. The zero-order valence-electron chi connectivity index (χ0n) is 16.1. The number of nitrogens with two attached hydrogens (primary N) is 1. The van der Waals surface area contributed by atoms with Gasteiger partial charge in [-0.1, -0.05) is 12.1 Å². The van der Waals surface area contributed by atoms with E-state index >= 15 is 0 Å². The topological polar surface area (TPSA) is 84.5 Å². The molecule has 1 aliphatic rings. The molecule has 146 valence electrons. The molecule has 0 bridgehead atoms. The Morgan fingerprint density at radius 3 is 2.93 bits per heavy atom. The summed E-state index contributed by atoms with van der Waals surface area (Å²) >= 11 is 0. The van der Waals surface area contributed by atoms with E-state index in [0.29, 0.717) is 11.7 Å². The van der Waals surface area contributed by atoms with Crippen LogP contribution in [0.2, 0.25) is 0 Å². The monoisotopic (exact) mass is 378 g/mol. The normalized spacial score (nSPS) is 17.7. The third-order valence-electron chi connectivity index (χ3n) is 5.51. The Kier molecular flexibility index (Phi) is 5.41. The minimum Gasteiger partial charge on any atom is -0.496 e. The number of methoxy groups -OCH3 is 1. The summed E-state index contributed by atoms with van der Waals surface area (Å²) in [5, 5.41) is 10.3. The second kappa shape index (κ2) is 8.12. The maximum absolute atomic E-state index is 9.48. The predicted molar refractivity (Wildman–Crippen MR) is 111 cm³/mol. The first-order chi connectivity index (χ1) is 13.7. The average molecular weight is 378 g/mol. The summed E-state index contributed by atoms with van der Waals surface area (Å²) < 4.78 is 5.61. The van der Waals surface area contributed by atoms with Crippen LogP contribution in [0.4, 0.5) is 5.82 Å². The molecule has 6 heteroatoms. The number of rotatable bonds is 5. The fraction of sp³-hybridized carbons (Fsp3) is 0.364. The predicted octanol–water partition coefficient (Wildman–Crippen LogP) is 3.09. The van der Waals surface area contributed by atoms with Crippen LogP contribution in [0.25, 0.3) is 22.0 Å². The maximum Gasteiger partial charge on any atom is 0.134 e. The van der Waals surface area contributed by atoms with Crippen molar-refractivity contribution in [2.45, 2.75) is 19.4 Å². The molecule has 4 rings (SSSR count). The van der Waals surface area contributed by atoms with Crippen LogP contribution in [0.15, 0.2) is 42.7 Å². The molecule has 1 atom stereocenters. The molecule has 2 aromatic carbocycles. The van der Waals surface area contributed by atoms with E-state index in [1.807, 2.05) is 24.3 Å². The molecule has 3 aromatic rings.